The molecule has 23 heavy (non-hydrogen) atoms. The van der Waals surface area contributed by atoms with Crippen molar-refractivity contribution in [2.24, 2.45) is 0 Å². The van der Waals surface area contributed by atoms with Crippen molar-refractivity contribution < 1.29 is 16.1 Å². The Hall–Kier alpha value is -1.65. The van der Waals surface area contributed by atoms with Crippen LogP contribution in [0.5, 0.6) is 0 Å². The van der Waals surface area contributed by atoms with Crippen molar-refractivity contribution in [1.82, 2.24) is 0 Å². The van der Waals surface area contributed by atoms with Gasteiger partial charge in [-0.05, 0) is 0 Å². The van der Waals surface area contributed by atoms with E-state index in [-0.39, 0.29) is 0 Å². The third-order valence-electron chi connectivity index (χ3n) is 4.48. The van der Waals surface area contributed by atoms with Crippen molar-refractivity contribution >= 4 is 27.1 Å². The monoisotopic (exact) mass is 481 g/mol. The van der Waals surface area contributed by atoms with Gasteiger partial charge in [0.05, 0.1) is 0 Å². The molecular formula is C22H22Pt. The zero-order valence-corrected chi connectivity index (χ0v) is 16.1. The molecule has 0 radical (unpaired) electrons. The van der Waals surface area contributed by atoms with Gasteiger partial charge in [-0.15, -0.1) is 0 Å². The summed E-state index contributed by atoms with van der Waals surface area (Å²) in [6.45, 7) is 0. The van der Waals surface area contributed by atoms with Gasteiger partial charge in [0.15, 0.2) is 0 Å². The summed E-state index contributed by atoms with van der Waals surface area (Å²) in [5, 5.41) is 12.9. The Morgan fingerprint density at radius 3 is 2.17 bits per heavy atom. The summed E-state index contributed by atoms with van der Waals surface area (Å²) in [5.74, 6) is 0. The summed E-state index contributed by atoms with van der Waals surface area (Å²) in [4.78, 5) is 0. The van der Waals surface area contributed by atoms with E-state index in [0.29, 0.717) is 0 Å². The molecule has 0 heterocycles. The Balaban J connectivity index is 2.12. The van der Waals surface area contributed by atoms with E-state index in [4.69, 9.17) is 0 Å². The molecule has 0 spiro atoms. The van der Waals surface area contributed by atoms with Crippen molar-refractivity contribution in [1.29, 1.82) is 0 Å². The Labute approximate surface area is 141 Å². The van der Waals surface area contributed by atoms with E-state index in [0.717, 1.165) is 6.42 Å². The van der Waals surface area contributed by atoms with Gasteiger partial charge < -0.3 is 0 Å². The van der Waals surface area contributed by atoms with Crippen LogP contribution in [0.15, 0.2) is 70.7 Å². The van der Waals surface area contributed by atoms with E-state index in [1.807, 2.05) is 0 Å². The molecule has 0 saturated heterocycles. The van der Waals surface area contributed by atoms with E-state index in [9.17, 15) is 0 Å². The summed E-state index contributed by atoms with van der Waals surface area (Å²) in [5.41, 5.74) is 2.91. The first-order valence-corrected chi connectivity index (χ1v) is 15.7. The van der Waals surface area contributed by atoms with Gasteiger partial charge in [-0.25, -0.2) is 0 Å². The molecular weight excluding hydrogens is 459 g/mol. The fourth-order valence-electron chi connectivity index (χ4n) is 3.42. The number of fused-ring (bicyclic) bond motifs is 3. The van der Waals surface area contributed by atoms with E-state index in [2.05, 4.69) is 82.7 Å². The average Bonchev–Trinajstić information content (AvgIpc) is 3.04. The van der Waals surface area contributed by atoms with Crippen LogP contribution in [0.3, 0.4) is 0 Å². The number of allylic oxidation sites excluding steroid dienone is 4. The molecule has 0 aromatic heterocycles. The van der Waals surface area contributed by atoms with Crippen LogP contribution in [0.2, 0.25) is 15.9 Å². The molecule has 1 heteroatoms. The molecule has 1 aliphatic rings. The molecule has 0 atom stereocenters. The maximum absolute atomic E-state index is 2.50. The van der Waals surface area contributed by atoms with Crippen molar-refractivity contribution in [3.8, 4) is 0 Å². The SMILES string of the molecule is [CH3][Pt]([CH3])([CH3])[C]1=C(c2cc3ccccc3c3ccccc23)C=CC1. The number of hydrogen-bond donors (Lipinski definition) is 0. The van der Waals surface area contributed by atoms with Crippen molar-refractivity contribution in [3.63, 3.8) is 0 Å². The molecule has 3 aromatic rings. The van der Waals surface area contributed by atoms with E-state index < -0.39 is 16.1 Å². The number of hydrogen-bond acceptors (Lipinski definition) is 0. The summed E-state index contributed by atoms with van der Waals surface area (Å²) < 4.78 is 1.72. The Morgan fingerprint density at radius 1 is 0.783 bits per heavy atom. The molecule has 0 bridgehead atoms. The van der Waals surface area contributed by atoms with Crippen LogP contribution in [0.25, 0.3) is 27.1 Å². The first-order valence-electron chi connectivity index (χ1n) is 7.72. The predicted octanol–water partition coefficient (Wildman–Crippen LogP) is 6.96. The molecule has 4 rings (SSSR count). The van der Waals surface area contributed by atoms with Gasteiger partial charge >= 0.3 is 142 Å². The van der Waals surface area contributed by atoms with Crippen LogP contribution in [-0.4, -0.2) is 0 Å². The molecule has 0 nitrogen and oxygen atoms in total. The van der Waals surface area contributed by atoms with Crippen LogP contribution in [0.1, 0.15) is 12.0 Å². The van der Waals surface area contributed by atoms with Gasteiger partial charge in [-0.3, -0.25) is 0 Å². The Morgan fingerprint density at radius 2 is 1.43 bits per heavy atom. The van der Waals surface area contributed by atoms with Gasteiger partial charge in [0, 0.05) is 0 Å². The van der Waals surface area contributed by atoms with Crippen LogP contribution in [-0.2, 0) is 16.1 Å². The molecule has 3 aromatic carbocycles. The van der Waals surface area contributed by atoms with E-state index in [1.54, 1.807) is 3.96 Å². The van der Waals surface area contributed by atoms with E-state index in [1.165, 1.54) is 32.7 Å². The van der Waals surface area contributed by atoms with Crippen molar-refractivity contribution in [2.45, 2.75) is 22.4 Å². The van der Waals surface area contributed by atoms with Crippen LogP contribution in [0.4, 0.5) is 0 Å². The normalized spacial score (nSPS) is 15.8. The topological polar surface area (TPSA) is 0 Å². The van der Waals surface area contributed by atoms with E-state index >= 15 is 0 Å². The molecule has 0 fully saturated rings. The zero-order chi connectivity index (χ0) is 16.0. The Bertz CT molecular complexity index is 968. The van der Waals surface area contributed by atoms with Gasteiger partial charge in [0.1, 0.15) is 0 Å². The minimum atomic E-state index is -1.76. The number of benzene rings is 3. The van der Waals surface area contributed by atoms with Gasteiger partial charge in [0.25, 0.3) is 0 Å². The van der Waals surface area contributed by atoms with Crippen molar-refractivity contribution in [2.75, 3.05) is 0 Å². The summed E-state index contributed by atoms with van der Waals surface area (Å²) >= 11 is -1.76. The molecule has 0 amide bonds. The molecule has 0 saturated carbocycles. The number of rotatable bonds is 2. The van der Waals surface area contributed by atoms with Crippen LogP contribution in [0, 0.1) is 0 Å². The molecule has 1 aliphatic carbocycles. The van der Waals surface area contributed by atoms with Gasteiger partial charge in [-0.1, -0.05) is 0 Å². The standard InChI is InChI=1S/C19H13.3CH3.Pt/c1-2-8-14(7-1)19-13-15-9-3-4-10-16(15)17-11-5-6-12-18(17)19;;;;/h1,3-7,9-13H,2H2;3*1H3;. The first kappa shape index (κ1) is 14.9. The fraction of sp³-hybridized carbons (Fsp3) is 0.182. The van der Waals surface area contributed by atoms with Crippen molar-refractivity contribution in [3.05, 3.63) is 76.3 Å². The van der Waals surface area contributed by atoms with Gasteiger partial charge in [-0.2, -0.15) is 0 Å². The Kier molecular flexibility index (Phi) is 3.54. The molecule has 0 unspecified atom stereocenters. The fourth-order valence-corrected chi connectivity index (χ4v) is 7.41. The van der Waals surface area contributed by atoms with Gasteiger partial charge in [0.2, 0.25) is 0 Å². The second-order valence-electron chi connectivity index (χ2n) is 6.50. The quantitative estimate of drug-likeness (QED) is 0.347. The first-order chi connectivity index (χ1) is 11.1. The summed E-state index contributed by atoms with van der Waals surface area (Å²) in [6.07, 6.45) is 5.86. The third kappa shape index (κ3) is 2.50. The predicted molar refractivity (Wildman–Crippen MR) is 99.7 cm³/mol. The molecule has 120 valence electrons. The van der Waals surface area contributed by atoms with Crippen LogP contribution >= 0.6 is 0 Å². The third-order valence-corrected chi connectivity index (χ3v) is 9.67. The van der Waals surface area contributed by atoms with Crippen LogP contribution < -0.4 is 0 Å². The summed E-state index contributed by atoms with van der Waals surface area (Å²) in [6, 6.07) is 20.0. The summed E-state index contributed by atoms with van der Waals surface area (Å²) in [7, 11) is 0. The molecule has 0 N–H and O–H groups in total. The maximum atomic E-state index is 2.50. The average molecular weight is 481 g/mol. The minimum absolute atomic E-state index is 1.15. The zero-order valence-electron chi connectivity index (χ0n) is 13.9. The second kappa shape index (κ2) is 5.46. The second-order valence-corrected chi connectivity index (χ2v) is 18.1. The molecule has 0 aliphatic heterocycles.